The third kappa shape index (κ3) is 3.91. The van der Waals surface area contributed by atoms with Crippen molar-refractivity contribution < 1.29 is 18.3 Å². The molecule has 5 nitrogen and oxygen atoms in total. The van der Waals surface area contributed by atoms with Crippen LogP contribution in [0, 0.1) is 0 Å². The number of furan rings is 2. The van der Waals surface area contributed by atoms with Crippen LogP contribution < -0.4 is 9.47 Å². The van der Waals surface area contributed by atoms with E-state index in [2.05, 4.69) is 20.8 Å². The van der Waals surface area contributed by atoms with Crippen LogP contribution in [0.15, 0.2) is 62.2 Å². The lowest BCUT2D eigenvalue weighted by molar-refractivity contribution is 0.170. The van der Waals surface area contributed by atoms with Gasteiger partial charge in [-0.1, -0.05) is 15.9 Å². The summed E-state index contributed by atoms with van der Waals surface area (Å²) < 4.78 is 23.4. The summed E-state index contributed by atoms with van der Waals surface area (Å²) in [5.74, 6) is 3.41. The summed E-state index contributed by atoms with van der Waals surface area (Å²) in [5.41, 5.74) is 1.13. The molecule has 0 unspecified atom stereocenters. The van der Waals surface area contributed by atoms with Crippen molar-refractivity contribution in [1.29, 1.82) is 0 Å². The second kappa shape index (κ2) is 7.37. The predicted octanol–water partition coefficient (Wildman–Crippen LogP) is 4.61. The van der Waals surface area contributed by atoms with E-state index in [-0.39, 0.29) is 0 Å². The first-order chi connectivity index (χ1) is 12.3. The van der Waals surface area contributed by atoms with Crippen molar-refractivity contribution in [3.05, 3.63) is 70.5 Å². The molecule has 0 radical (unpaired) electrons. The highest BCUT2D eigenvalue weighted by atomic mass is 79.9. The highest BCUT2D eigenvalue weighted by Crippen LogP contribution is 2.36. The molecule has 0 saturated heterocycles. The molecule has 0 N–H and O–H groups in total. The molecule has 1 aliphatic heterocycles. The zero-order valence-corrected chi connectivity index (χ0v) is 15.2. The number of fused-ring (bicyclic) bond motifs is 1. The fourth-order valence-electron chi connectivity index (χ4n) is 2.88. The van der Waals surface area contributed by atoms with Crippen molar-refractivity contribution in [2.75, 3.05) is 13.2 Å². The highest BCUT2D eigenvalue weighted by Gasteiger charge is 2.18. The third-order valence-electron chi connectivity index (χ3n) is 4.02. The standard InChI is InChI=1S/C19H18BrNO4/c20-17-10-19-18(24-7-8-25-19)9-14(17)11-21(12-15-3-1-5-22-15)13-16-4-2-6-23-16/h1-6,9-10H,7-8,11-13H2. The van der Waals surface area contributed by atoms with Crippen molar-refractivity contribution in [3.8, 4) is 11.5 Å². The van der Waals surface area contributed by atoms with E-state index < -0.39 is 0 Å². The molecule has 2 aromatic heterocycles. The zero-order valence-electron chi connectivity index (χ0n) is 13.6. The molecule has 0 saturated carbocycles. The Balaban J connectivity index is 1.57. The van der Waals surface area contributed by atoms with Gasteiger partial charge in [0.15, 0.2) is 11.5 Å². The summed E-state index contributed by atoms with van der Waals surface area (Å²) in [4.78, 5) is 2.26. The van der Waals surface area contributed by atoms with Gasteiger partial charge in [-0.2, -0.15) is 0 Å². The van der Waals surface area contributed by atoms with E-state index in [1.165, 1.54) is 0 Å². The molecule has 130 valence electrons. The minimum absolute atomic E-state index is 0.580. The van der Waals surface area contributed by atoms with E-state index in [1.54, 1.807) is 12.5 Å². The van der Waals surface area contributed by atoms with Gasteiger partial charge in [0.1, 0.15) is 24.7 Å². The molecule has 1 aliphatic rings. The van der Waals surface area contributed by atoms with Crippen molar-refractivity contribution in [2.24, 2.45) is 0 Å². The van der Waals surface area contributed by atoms with Gasteiger partial charge in [-0.15, -0.1) is 0 Å². The fraction of sp³-hybridized carbons (Fsp3) is 0.263. The van der Waals surface area contributed by atoms with Crippen molar-refractivity contribution >= 4 is 15.9 Å². The van der Waals surface area contributed by atoms with E-state index in [0.717, 1.165) is 39.6 Å². The summed E-state index contributed by atoms with van der Waals surface area (Å²) in [6, 6.07) is 11.8. The van der Waals surface area contributed by atoms with Crippen LogP contribution in [0.25, 0.3) is 0 Å². The summed E-state index contributed by atoms with van der Waals surface area (Å²) in [5, 5.41) is 0. The molecule has 3 heterocycles. The first-order valence-corrected chi connectivity index (χ1v) is 8.92. The Labute approximate surface area is 154 Å². The maximum Gasteiger partial charge on any atom is 0.162 e. The van der Waals surface area contributed by atoms with Crippen molar-refractivity contribution in [1.82, 2.24) is 4.90 Å². The number of nitrogens with zero attached hydrogens (tertiary/aromatic N) is 1. The van der Waals surface area contributed by atoms with E-state index in [4.69, 9.17) is 18.3 Å². The van der Waals surface area contributed by atoms with Crippen LogP contribution in [-0.2, 0) is 19.6 Å². The van der Waals surface area contributed by atoms with Gasteiger partial charge in [0.25, 0.3) is 0 Å². The number of ether oxygens (including phenoxy) is 2. The highest BCUT2D eigenvalue weighted by molar-refractivity contribution is 9.10. The zero-order chi connectivity index (χ0) is 17.1. The Morgan fingerprint density at radius 3 is 2.00 bits per heavy atom. The van der Waals surface area contributed by atoms with Crippen molar-refractivity contribution in [2.45, 2.75) is 19.6 Å². The Morgan fingerprint density at radius 2 is 1.44 bits per heavy atom. The van der Waals surface area contributed by atoms with Crippen LogP contribution in [0.1, 0.15) is 17.1 Å². The summed E-state index contributed by atoms with van der Waals surface area (Å²) in [6.07, 6.45) is 3.39. The van der Waals surface area contributed by atoms with E-state index >= 15 is 0 Å². The third-order valence-corrected chi connectivity index (χ3v) is 4.76. The number of halogens is 1. The van der Waals surface area contributed by atoms with Gasteiger partial charge in [0, 0.05) is 11.0 Å². The Bertz CT molecular complexity index is 778. The number of rotatable bonds is 6. The molecule has 3 aromatic rings. The van der Waals surface area contributed by atoms with Gasteiger partial charge in [-0.3, -0.25) is 4.90 Å². The lowest BCUT2D eigenvalue weighted by atomic mass is 10.1. The number of hydrogen-bond acceptors (Lipinski definition) is 5. The molecule has 6 heteroatoms. The Hall–Kier alpha value is -2.18. The SMILES string of the molecule is Brc1cc2c(cc1CN(Cc1ccco1)Cc1ccco1)OCCO2. The molecule has 0 aliphatic carbocycles. The molecule has 0 bridgehead atoms. The van der Waals surface area contributed by atoms with E-state index in [0.29, 0.717) is 26.3 Å². The number of hydrogen-bond donors (Lipinski definition) is 0. The second-order valence-electron chi connectivity index (χ2n) is 5.89. The van der Waals surface area contributed by atoms with Crippen LogP contribution in [0.3, 0.4) is 0 Å². The van der Waals surface area contributed by atoms with Gasteiger partial charge < -0.3 is 18.3 Å². The molecule has 1 aromatic carbocycles. The summed E-state index contributed by atoms with van der Waals surface area (Å²) >= 11 is 3.65. The summed E-state index contributed by atoms with van der Waals surface area (Å²) in [7, 11) is 0. The van der Waals surface area contributed by atoms with Crippen LogP contribution >= 0.6 is 15.9 Å². The molecular weight excluding hydrogens is 386 g/mol. The van der Waals surface area contributed by atoms with Gasteiger partial charge in [-0.05, 0) is 42.0 Å². The first-order valence-electron chi connectivity index (χ1n) is 8.13. The number of benzene rings is 1. The van der Waals surface area contributed by atoms with Crippen LogP contribution in [-0.4, -0.2) is 18.1 Å². The second-order valence-corrected chi connectivity index (χ2v) is 6.75. The normalized spacial score (nSPS) is 13.4. The molecule has 25 heavy (non-hydrogen) atoms. The quantitative estimate of drug-likeness (QED) is 0.601. The minimum atomic E-state index is 0.580. The molecule has 0 spiro atoms. The lowest BCUT2D eigenvalue weighted by Gasteiger charge is -2.23. The molecule has 0 fully saturated rings. The average Bonchev–Trinajstić information content (AvgIpc) is 3.29. The summed E-state index contributed by atoms with van der Waals surface area (Å²) in [6.45, 7) is 3.26. The predicted molar refractivity (Wildman–Crippen MR) is 95.5 cm³/mol. The van der Waals surface area contributed by atoms with E-state index in [1.807, 2.05) is 36.4 Å². The minimum Gasteiger partial charge on any atom is -0.486 e. The maximum absolute atomic E-state index is 5.71. The van der Waals surface area contributed by atoms with Crippen LogP contribution in [0.2, 0.25) is 0 Å². The largest absolute Gasteiger partial charge is 0.486 e. The topological polar surface area (TPSA) is 48.0 Å². The Kier molecular flexibility index (Phi) is 4.81. The van der Waals surface area contributed by atoms with Gasteiger partial charge >= 0.3 is 0 Å². The average molecular weight is 404 g/mol. The molecular formula is C19H18BrNO4. The fourth-order valence-corrected chi connectivity index (χ4v) is 3.33. The van der Waals surface area contributed by atoms with Gasteiger partial charge in [-0.25, -0.2) is 0 Å². The van der Waals surface area contributed by atoms with Crippen LogP contribution in [0.4, 0.5) is 0 Å². The lowest BCUT2D eigenvalue weighted by Crippen LogP contribution is -2.22. The van der Waals surface area contributed by atoms with Crippen molar-refractivity contribution in [3.63, 3.8) is 0 Å². The Morgan fingerprint density at radius 1 is 0.840 bits per heavy atom. The molecule has 0 amide bonds. The first kappa shape index (κ1) is 16.3. The molecule has 4 rings (SSSR count). The van der Waals surface area contributed by atoms with E-state index in [9.17, 15) is 0 Å². The molecule has 0 atom stereocenters. The van der Waals surface area contributed by atoms with Gasteiger partial charge in [0.05, 0.1) is 25.6 Å². The van der Waals surface area contributed by atoms with Gasteiger partial charge in [0.2, 0.25) is 0 Å². The smallest absolute Gasteiger partial charge is 0.162 e. The van der Waals surface area contributed by atoms with Crippen LogP contribution in [0.5, 0.6) is 11.5 Å². The monoisotopic (exact) mass is 403 g/mol. The maximum atomic E-state index is 5.71.